The van der Waals surface area contributed by atoms with E-state index in [4.69, 9.17) is 19.9 Å². The quantitative estimate of drug-likeness (QED) is 0.135. The van der Waals surface area contributed by atoms with Gasteiger partial charge in [0.2, 0.25) is 0 Å². The molecule has 0 aliphatic carbocycles. The SMILES string of the molecule is c1ccc(-c2ccc(-c3nc(-c4cccc(-c5ccccc5)c4)c4cc(-n5c6ccc7ccccc7c6c6ccc7ccccc7c65)ccc4n3)cc2)cc1.c1ccc(-c2nc(-c3ccccc3)c3cc(-n4c5ccc6ccccc6c5c5ccc6ccccc6c54)ccc3n2)cc1.c1ccc(-n2c3ccccc3c3cc4c5c6ccccc6ccc5n(-c5ccc6nccnc6c5)c4cc32)cc1. The average molecular weight is 1760 g/mol. The number of fused-ring (bicyclic) bond motifs is 25. The van der Waals surface area contributed by atoms with Crippen molar-refractivity contribution < 1.29 is 0 Å². The number of rotatable bonds is 10. The fraction of sp³-hybridized carbons (Fsp3) is 0. The van der Waals surface area contributed by atoms with E-state index in [2.05, 4.69) is 471 Å². The van der Waals surface area contributed by atoms with Crippen molar-refractivity contribution in [3.63, 3.8) is 0 Å². The van der Waals surface area contributed by atoms with E-state index in [1.807, 2.05) is 30.3 Å². The molecular weight excluding hydrogens is 1680 g/mol. The van der Waals surface area contributed by atoms with Gasteiger partial charge in [-0.15, -0.1) is 0 Å². The molecule has 0 atom stereocenters. The molecule has 10 nitrogen and oxygen atoms in total. The van der Waals surface area contributed by atoms with Crippen LogP contribution >= 0.6 is 0 Å². The molecular formula is C128H80N10. The third kappa shape index (κ3) is 13.2. The molecule has 0 bridgehead atoms. The van der Waals surface area contributed by atoms with E-state index in [-0.39, 0.29) is 0 Å². The van der Waals surface area contributed by atoms with Gasteiger partial charge in [-0.3, -0.25) is 9.97 Å². The Morgan fingerprint density at radius 2 is 0.514 bits per heavy atom. The summed E-state index contributed by atoms with van der Waals surface area (Å²) in [7, 11) is 0. The van der Waals surface area contributed by atoms with E-state index in [0.717, 1.165) is 106 Å². The van der Waals surface area contributed by atoms with Gasteiger partial charge in [0.15, 0.2) is 11.6 Å². The van der Waals surface area contributed by atoms with Crippen molar-refractivity contribution in [3.05, 3.63) is 486 Å². The van der Waals surface area contributed by atoms with Crippen LogP contribution < -0.4 is 0 Å². The molecule has 0 aliphatic rings. The van der Waals surface area contributed by atoms with Gasteiger partial charge in [0.1, 0.15) is 0 Å². The van der Waals surface area contributed by atoms with E-state index in [0.29, 0.717) is 5.82 Å². The number of aromatic nitrogens is 10. The number of para-hydroxylation sites is 2. The Bertz CT molecular complexity index is 9960. The summed E-state index contributed by atoms with van der Waals surface area (Å²) in [5.41, 5.74) is 28.1. The minimum Gasteiger partial charge on any atom is -0.309 e. The van der Waals surface area contributed by atoms with Crippen molar-refractivity contribution in [1.82, 2.24) is 48.2 Å². The van der Waals surface area contributed by atoms with Crippen molar-refractivity contribution in [2.45, 2.75) is 0 Å². The molecule has 0 saturated heterocycles. The van der Waals surface area contributed by atoms with Crippen LogP contribution in [0.1, 0.15) is 0 Å². The first-order valence-electron chi connectivity index (χ1n) is 46.9. The maximum absolute atomic E-state index is 5.40. The van der Waals surface area contributed by atoms with E-state index >= 15 is 0 Å². The highest BCUT2D eigenvalue weighted by Gasteiger charge is 2.26. The molecule has 0 radical (unpaired) electrons. The number of hydrogen-bond acceptors (Lipinski definition) is 6. The van der Waals surface area contributed by atoms with Crippen LogP contribution in [0.5, 0.6) is 0 Å². The lowest BCUT2D eigenvalue weighted by molar-refractivity contribution is 1.16. The first kappa shape index (κ1) is 79.1. The molecule has 642 valence electrons. The molecule has 7 heterocycles. The molecule has 22 aromatic carbocycles. The molecule has 0 spiro atoms. The van der Waals surface area contributed by atoms with Gasteiger partial charge < -0.3 is 18.3 Å². The average Bonchev–Trinajstić information content (AvgIpc) is 1.56. The Labute approximate surface area is 792 Å². The lowest BCUT2D eigenvalue weighted by atomic mass is 9.99. The van der Waals surface area contributed by atoms with Crippen LogP contribution in [0.3, 0.4) is 0 Å². The van der Waals surface area contributed by atoms with Crippen LogP contribution in [0, 0.1) is 0 Å². The Hall–Kier alpha value is -18.6. The zero-order valence-corrected chi connectivity index (χ0v) is 74.7. The smallest absolute Gasteiger partial charge is 0.160 e. The predicted octanol–water partition coefficient (Wildman–Crippen LogP) is 33.0. The van der Waals surface area contributed by atoms with Gasteiger partial charge >= 0.3 is 0 Å². The summed E-state index contributed by atoms with van der Waals surface area (Å²) in [6.07, 6.45) is 3.50. The van der Waals surface area contributed by atoms with Gasteiger partial charge in [-0.1, -0.05) is 364 Å². The van der Waals surface area contributed by atoms with Crippen LogP contribution in [0.25, 0.3) is 264 Å². The summed E-state index contributed by atoms with van der Waals surface area (Å²) >= 11 is 0. The van der Waals surface area contributed by atoms with Crippen molar-refractivity contribution in [1.29, 1.82) is 0 Å². The highest BCUT2D eigenvalue weighted by atomic mass is 15.0. The minimum atomic E-state index is 0.703. The highest BCUT2D eigenvalue weighted by Crippen LogP contribution is 2.48. The Morgan fingerprint density at radius 3 is 1.05 bits per heavy atom. The van der Waals surface area contributed by atoms with Gasteiger partial charge in [-0.2, -0.15) is 0 Å². The first-order valence-corrected chi connectivity index (χ1v) is 46.9. The molecule has 7 aromatic heterocycles. The monoisotopic (exact) mass is 1760 g/mol. The fourth-order valence-electron chi connectivity index (χ4n) is 21.4. The zero-order valence-electron chi connectivity index (χ0n) is 74.7. The van der Waals surface area contributed by atoms with E-state index in [1.54, 1.807) is 12.4 Å². The van der Waals surface area contributed by atoms with Crippen LogP contribution in [-0.4, -0.2) is 48.2 Å². The van der Waals surface area contributed by atoms with Crippen LogP contribution in [0.4, 0.5) is 0 Å². The summed E-state index contributed by atoms with van der Waals surface area (Å²) in [6, 6.07) is 169. The molecule has 29 rings (SSSR count). The second-order valence-electron chi connectivity index (χ2n) is 35.5. The zero-order chi connectivity index (χ0) is 90.8. The largest absolute Gasteiger partial charge is 0.309 e. The van der Waals surface area contributed by atoms with Gasteiger partial charge in [-0.25, -0.2) is 19.9 Å². The fourth-order valence-corrected chi connectivity index (χ4v) is 21.4. The molecule has 29 aromatic rings. The lowest BCUT2D eigenvalue weighted by Crippen LogP contribution is -1.99. The van der Waals surface area contributed by atoms with Crippen LogP contribution in [-0.2, 0) is 0 Å². The topological polar surface area (TPSA) is 97.1 Å². The van der Waals surface area contributed by atoms with Crippen molar-refractivity contribution in [2.24, 2.45) is 0 Å². The second kappa shape index (κ2) is 32.7. The van der Waals surface area contributed by atoms with Crippen LogP contribution in [0.15, 0.2) is 486 Å². The number of nitrogens with zero attached hydrogens (tertiary/aromatic N) is 10. The maximum atomic E-state index is 5.40. The minimum absolute atomic E-state index is 0.703. The van der Waals surface area contributed by atoms with Crippen molar-refractivity contribution in [2.75, 3.05) is 0 Å². The van der Waals surface area contributed by atoms with Crippen molar-refractivity contribution >= 4 is 174 Å². The lowest BCUT2D eigenvalue weighted by Gasteiger charge is -2.14. The molecule has 138 heavy (non-hydrogen) atoms. The van der Waals surface area contributed by atoms with Crippen molar-refractivity contribution in [3.8, 4) is 90.3 Å². The molecule has 0 aliphatic heterocycles. The maximum Gasteiger partial charge on any atom is 0.160 e. The molecule has 0 N–H and O–H groups in total. The van der Waals surface area contributed by atoms with Crippen LogP contribution in [0.2, 0.25) is 0 Å². The first-order chi connectivity index (χ1) is 68.4. The Kier molecular flexibility index (Phi) is 18.7. The van der Waals surface area contributed by atoms with Gasteiger partial charge in [0, 0.05) is 122 Å². The normalized spacial score (nSPS) is 11.8. The number of hydrogen-bond donors (Lipinski definition) is 0. The third-order valence-corrected chi connectivity index (χ3v) is 27.7. The summed E-state index contributed by atoms with van der Waals surface area (Å²) in [4.78, 5) is 30.0. The predicted molar refractivity (Wildman–Crippen MR) is 576 cm³/mol. The third-order valence-electron chi connectivity index (χ3n) is 27.7. The standard InChI is InChI=1S/C52H33N3.C40H25N3.C36H22N4/c1-3-12-34(13-4-1)36-22-24-39(25-23-36)52-53-47-30-28-42(33-46(47)50(54-52)41-19-11-18-40(32-41)35-14-5-2-6-15-35)55-48-31-27-37-16-7-9-20-43(37)49(48)45-29-26-38-17-8-10-21-44(38)51(45)55;1-3-13-28(14-4-1)38-34-25-30(21-23-35(34)41-40(42-38)29-15-5-2-6-16-29)43-36-24-20-26-11-7-9-17-31(26)37(36)33-22-19-27-12-8-10-18-32(27)39(33)43;1-2-9-24(10-3-1)39-32-13-7-6-12-27(32)28-21-29-35(22-34(28)39)40(25-15-16-30-31(20-25)38-19-18-37-30)33-17-14-23-8-4-5-11-26(23)36(29)33/h1-33H;1-25H;1-22H. The Balaban J connectivity index is 0.000000106. The second-order valence-corrected chi connectivity index (χ2v) is 35.5. The molecule has 0 saturated carbocycles. The summed E-state index contributed by atoms with van der Waals surface area (Å²) in [6.45, 7) is 0. The molecule has 10 heteroatoms. The number of benzene rings is 22. The van der Waals surface area contributed by atoms with Gasteiger partial charge in [0.25, 0.3) is 0 Å². The molecule has 0 amide bonds. The van der Waals surface area contributed by atoms with Gasteiger partial charge in [-0.05, 0) is 175 Å². The Morgan fingerprint density at radius 1 is 0.152 bits per heavy atom. The summed E-state index contributed by atoms with van der Waals surface area (Å²) in [5, 5.41) is 24.5. The van der Waals surface area contributed by atoms with E-state index in [9.17, 15) is 0 Å². The highest BCUT2D eigenvalue weighted by molar-refractivity contribution is 6.29. The summed E-state index contributed by atoms with van der Waals surface area (Å²) < 4.78 is 9.64. The van der Waals surface area contributed by atoms with Gasteiger partial charge in [0.05, 0.1) is 77.6 Å². The summed E-state index contributed by atoms with van der Waals surface area (Å²) in [5.74, 6) is 1.43. The van der Waals surface area contributed by atoms with E-state index in [1.165, 1.54) is 152 Å². The molecule has 0 unspecified atom stereocenters. The molecule has 0 fully saturated rings. The van der Waals surface area contributed by atoms with E-state index < -0.39 is 0 Å².